The molecule has 1 aromatic rings. The summed E-state index contributed by atoms with van der Waals surface area (Å²) in [7, 11) is 0. The van der Waals surface area contributed by atoms with Crippen LogP contribution in [0.1, 0.15) is 29.8 Å². The number of carbonyl (C=O) groups is 2. The van der Waals surface area contributed by atoms with E-state index in [-0.39, 0.29) is 5.78 Å². The van der Waals surface area contributed by atoms with Crippen molar-refractivity contribution in [3.05, 3.63) is 35.4 Å². The van der Waals surface area contributed by atoms with Crippen molar-refractivity contribution in [1.29, 1.82) is 5.26 Å². The van der Waals surface area contributed by atoms with Crippen LogP contribution in [-0.2, 0) is 0 Å². The fourth-order valence-corrected chi connectivity index (χ4v) is 1.52. The third kappa shape index (κ3) is 3.32. The van der Waals surface area contributed by atoms with Gasteiger partial charge in [-0.05, 0) is 19.1 Å². The average molecular weight is 246 g/mol. The fourth-order valence-electron chi connectivity index (χ4n) is 1.52. The lowest BCUT2D eigenvalue weighted by Crippen LogP contribution is -2.39. The largest absolute Gasteiger partial charge is 0.465 e. The Morgan fingerprint density at radius 1 is 1.28 bits per heavy atom. The summed E-state index contributed by atoms with van der Waals surface area (Å²) in [6.07, 6.45) is -1.15. The van der Waals surface area contributed by atoms with Crippen molar-refractivity contribution < 1.29 is 14.7 Å². The van der Waals surface area contributed by atoms with Crippen molar-refractivity contribution >= 4 is 11.9 Å². The van der Waals surface area contributed by atoms with Gasteiger partial charge >= 0.3 is 6.09 Å². The Labute approximate surface area is 105 Å². The summed E-state index contributed by atoms with van der Waals surface area (Å²) >= 11 is 0. The molecule has 0 fully saturated rings. The molecule has 2 unspecified atom stereocenters. The summed E-state index contributed by atoms with van der Waals surface area (Å²) in [5.41, 5.74) is 0.955. The molecule has 0 saturated carbocycles. The van der Waals surface area contributed by atoms with E-state index in [1.54, 1.807) is 38.1 Å². The number of carbonyl (C=O) groups excluding carboxylic acids is 1. The van der Waals surface area contributed by atoms with Crippen LogP contribution in [0.2, 0.25) is 0 Å². The quantitative estimate of drug-likeness (QED) is 0.795. The van der Waals surface area contributed by atoms with Gasteiger partial charge in [0.1, 0.15) is 0 Å². The first-order valence-electron chi connectivity index (χ1n) is 5.49. The number of carboxylic acid groups (broad SMARTS) is 1. The first kappa shape index (κ1) is 13.7. The van der Waals surface area contributed by atoms with E-state index in [1.165, 1.54) is 0 Å². The minimum atomic E-state index is -1.15. The fraction of sp³-hybridized carbons (Fsp3) is 0.308. The smallest absolute Gasteiger partial charge is 0.404 e. The van der Waals surface area contributed by atoms with E-state index >= 15 is 0 Å². The molecular formula is C13H14N2O3. The molecule has 0 heterocycles. The Morgan fingerprint density at radius 2 is 1.83 bits per heavy atom. The molecule has 0 radical (unpaired) electrons. The zero-order valence-electron chi connectivity index (χ0n) is 10.2. The zero-order valence-corrected chi connectivity index (χ0v) is 10.2. The van der Waals surface area contributed by atoms with Crippen LogP contribution in [0.15, 0.2) is 24.3 Å². The number of ketones is 1. The molecule has 5 heteroatoms. The molecule has 0 spiro atoms. The molecule has 0 aliphatic heterocycles. The molecule has 0 bridgehead atoms. The number of hydrogen-bond donors (Lipinski definition) is 2. The van der Waals surface area contributed by atoms with Crippen molar-refractivity contribution in [2.24, 2.45) is 5.92 Å². The molecule has 0 aromatic heterocycles. The van der Waals surface area contributed by atoms with E-state index in [4.69, 9.17) is 10.4 Å². The number of hydrogen-bond acceptors (Lipinski definition) is 3. The van der Waals surface area contributed by atoms with E-state index < -0.39 is 18.1 Å². The lowest BCUT2D eigenvalue weighted by atomic mass is 9.93. The molecule has 2 atom stereocenters. The van der Waals surface area contributed by atoms with Crippen LogP contribution in [0.5, 0.6) is 0 Å². The number of nitriles is 1. The summed E-state index contributed by atoms with van der Waals surface area (Å²) in [5.74, 6) is -0.616. The Hall–Kier alpha value is -2.35. The van der Waals surface area contributed by atoms with E-state index in [9.17, 15) is 9.59 Å². The van der Waals surface area contributed by atoms with Crippen LogP contribution < -0.4 is 5.32 Å². The topological polar surface area (TPSA) is 90.2 Å². The van der Waals surface area contributed by atoms with Crippen LogP contribution >= 0.6 is 0 Å². The molecule has 94 valence electrons. The van der Waals surface area contributed by atoms with E-state index in [0.717, 1.165) is 0 Å². The van der Waals surface area contributed by atoms with Crippen LogP contribution in [0, 0.1) is 17.2 Å². The molecule has 0 aliphatic rings. The summed E-state index contributed by atoms with van der Waals surface area (Å²) in [6, 6.07) is 7.78. The first-order chi connectivity index (χ1) is 8.45. The van der Waals surface area contributed by atoms with Crippen molar-refractivity contribution in [2.45, 2.75) is 19.9 Å². The highest BCUT2D eigenvalue weighted by Crippen LogP contribution is 2.13. The van der Waals surface area contributed by atoms with Crippen LogP contribution in [0.25, 0.3) is 0 Å². The van der Waals surface area contributed by atoms with Crippen molar-refractivity contribution in [3.8, 4) is 6.07 Å². The van der Waals surface area contributed by atoms with Gasteiger partial charge in [-0.25, -0.2) is 4.79 Å². The maximum atomic E-state index is 12.1. The standard InChI is InChI=1S/C13H14N2O3/c1-8(9(2)15-13(17)18)12(16)11-5-3-10(7-14)4-6-11/h3-6,8-9,15H,1-2H3,(H,17,18). The number of rotatable bonds is 4. The molecule has 1 rings (SSSR count). The van der Waals surface area contributed by atoms with E-state index in [0.29, 0.717) is 11.1 Å². The second-order valence-corrected chi connectivity index (χ2v) is 4.08. The number of amides is 1. The molecule has 1 aromatic carbocycles. The van der Waals surface area contributed by atoms with Gasteiger partial charge in [0, 0.05) is 17.5 Å². The van der Waals surface area contributed by atoms with Gasteiger partial charge in [-0.3, -0.25) is 4.79 Å². The van der Waals surface area contributed by atoms with Gasteiger partial charge in [0.25, 0.3) is 0 Å². The zero-order chi connectivity index (χ0) is 13.7. The highest BCUT2D eigenvalue weighted by molar-refractivity contribution is 5.98. The Bertz CT molecular complexity index is 488. The average Bonchev–Trinajstić information content (AvgIpc) is 2.36. The monoisotopic (exact) mass is 246 g/mol. The lowest BCUT2D eigenvalue weighted by molar-refractivity contribution is 0.0907. The van der Waals surface area contributed by atoms with E-state index in [1.807, 2.05) is 6.07 Å². The highest BCUT2D eigenvalue weighted by Gasteiger charge is 2.22. The minimum absolute atomic E-state index is 0.152. The third-order valence-corrected chi connectivity index (χ3v) is 2.81. The van der Waals surface area contributed by atoms with E-state index in [2.05, 4.69) is 5.32 Å². The molecule has 1 amide bonds. The first-order valence-corrected chi connectivity index (χ1v) is 5.49. The molecule has 18 heavy (non-hydrogen) atoms. The normalized spacial score (nSPS) is 13.2. The van der Waals surface area contributed by atoms with Gasteiger partial charge < -0.3 is 10.4 Å². The Morgan fingerprint density at radius 3 is 2.28 bits per heavy atom. The van der Waals surface area contributed by atoms with Gasteiger partial charge in [0.2, 0.25) is 0 Å². The Kier molecular flexibility index (Phi) is 4.44. The Balaban J connectivity index is 2.79. The van der Waals surface area contributed by atoms with Crippen LogP contribution in [0.3, 0.4) is 0 Å². The molecule has 5 nitrogen and oxygen atoms in total. The maximum absolute atomic E-state index is 12.1. The molecule has 0 aliphatic carbocycles. The van der Waals surface area contributed by atoms with Crippen LogP contribution in [0.4, 0.5) is 4.79 Å². The predicted molar refractivity (Wildman–Crippen MR) is 65.3 cm³/mol. The second-order valence-electron chi connectivity index (χ2n) is 4.08. The van der Waals surface area contributed by atoms with Crippen LogP contribution in [-0.4, -0.2) is 23.0 Å². The summed E-state index contributed by atoms with van der Waals surface area (Å²) in [6.45, 7) is 3.31. The minimum Gasteiger partial charge on any atom is -0.465 e. The number of Topliss-reactive ketones (excluding diaryl/α,β-unsaturated/α-hetero) is 1. The van der Waals surface area contributed by atoms with Crippen molar-refractivity contribution in [1.82, 2.24) is 5.32 Å². The van der Waals surface area contributed by atoms with Crippen molar-refractivity contribution in [2.75, 3.05) is 0 Å². The number of nitrogens with one attached hydrogen (secondary N) is 1. The lowest BCUT2D eigenvalue weighted by Gasteiger charge is -2.18. The summed E-state index contributed by atoms with van der Waals surface area (Å²) < 4.78 is 0. The molecule has 0 saturated heterocycles. The van der Waals surface area contributed by atoms with Gasteiger partial charge in [-0.2, -0.15) is 5.26 Å². The highest BCUT2D eigenvalue weighted by atomic mass is 16.4. The second kappa shape index (κ2) is 5.82. The third-order valence-electron chi connectivity index (χ3n) is 2.81. The molecule has 2 N–H and O–H groups in total. The van der Waals surface area contributed by atoms with Gasteiger partial charge in [0.15, 0.2) is 5.78 Å². The number of benzene rings is 1. The summed E-state index contributed by atoms with van der Waals surface area (Å²) in [5, 5.41) is 19.5. The van der Waals surface area contributed by atoms with Gasteiger partial charge in [-0.15, -0.1) is 0 Å². The number of nitrogens with zero attached hydrogens (tertiary/aromatic N) is 1. The summed E-state index contributed by atoms with van der Waals surface area (Å²) in [4.78, 5) is 22.5. The van der Waals surface area contributed by atoms with Gasteiger partial charge in [0.05, 0.1) is 11.6 Å². The maximum Gasteiger partial charge on any atom is 0.404 e. The SMILES string of the molecule is CC(NC(=O)O)C(C)C(=O)c1ccc(C#N)cc1. The molecular weight excluding hydrogens is 232 g/mol. The predicted octanol–water partition coefficient (Wildman–Crippen LogP) is 2.03. The van der Waals surface area contributed by atoms with Crippen molar-refractivity contribution in [3.63, 3.8) is 0 Å². The van der Waals surface area contributed by atoms with Gasteiger partial charge in [-0.1, -0.05) is 19.1 Å².